The maximum absolute atomic E-state index is 5.07. The SMILES string of the molecule is Cn1ccnc1CN1CCN(c2nc(-c3cnccn3)nc3sc4c(c23)CCCC4)CC1. The Morgan fingerprint density at radius 3 is 2.62 bits per heavy atom. The number of aromatic nitrogens is 6. The highest BCUT2D eigenvalue weighted by molar-refractivity contribution is 7.19. The quantitative estimate of drug-likeness (QED) is 0.477. The van der Waals surface area contributed by atoms with Gasteiger partial charge in [-0.3, -0.25) is 9.88 Å². The lowest BCUT2D eigenvalue weighted by atomic mass is 9.97. The van der Waals surface area contributed by atoms with Crippen LogP contribution in [0.5, 0.6) is 0 Å². The molecule has 9 heteroatoms. The molecule has 0 unspecified atom stereocenters. The Balaban J connectivity index is 1.34. The van der Waals surface area contributed by atoms with Crippen molar-refractivity contribution in [3.8, 4) is 11.5 Å². The average molecular weight is 447 g/mol. The zero-order valence-corrected chi connectivity index (χ0v) is 19.1. The zero-order valence-electron chi connectivity index (χ0n) is 18.2. The average Bonchev–Trinajstić information content (AvgIpc) is 3.42. The molecule has 1 fully saturated rings. The molecule has 0 N–H and O–H groups in total. The number of aryl methyl sites for hydroxylation is 3. The van der Waals surface area contributed by atoms with Crippen LogP contribution in [0.2, 0.25) is 0 Å². The van der Waals surface area contributed by atoms with E-state index in [1.165, 1.54) is 28.7 Å². The molecule has 0 radical (unpaired) electrons. The maximum atomic E-state index is 5.07. The molecule has 6 rings (SSSR count). The number of imidazole rings is 1. The van der Waals surface area contributed by atoms with Crippen molar-refractivity contribution < 1.29 is 0 Å². The van der Waals surface area contributed by atoms with Crippen LogP contribution in [-0.2, 0) is 26.4 Å². The first-order chi connectivity index (χ1) is 15.8. The summed E-state index contributed by atoms with van der Waals surface area (Å²) < 4.78 is 2.10. The predicted octanol–water partition coefficient (Wildman–Crippen LogP) is 3.08. The van der Waals surface area contributed by atoms with E-state index >= 15 is 0 Å². The summed E-state index contributed by atoms with van der Waals surface area (Å²) in [6.07, 6.45) is 13.8. The van der Waals surface area contributed by atoms with Gasteiger partial charge in [0.15, 0.2) is 5.82 Å². The largest absolute Gasteiger partial charge is 0.353 e. The molecule has 5 heterocycles. The van der Waals surface area contributed by atoms with Gasteiger partial charge < -0.3 is 9.47 Å². The molecule has 4 aromatic heterocycles. The molecular weight excluding hydrogens is 420 g/mol. The Bertz CT molecular complexity index is 1240. The Morgan fingerprint density at radius 2 is 1.84 bits per heavy atom. The van der Waals surface area contributed by atoms with Crippen molar-refractivity contribution in [3.63, 3.8) is 0 Å². The Hall–Kier alpha value is -2.91. The number of thiophene rings is 1. The van der Waals surface area contributed by atoms with E-state index in [9.17, 15) is 0 Å². The molecule has 8 nitrogen and oxygen atoms in total. The van der Waals surface area contributed by atoms with Gasteiger partial charge in [-0.15, -0.1) is 11.3 Å². The van der Waals surface area contributed by atoms with Gasteiger partial charge in [0.2, 0.25) is 0 Å². The van der Waals surface area contributed by atoms with E-state index in [1.807, 2.05) is 23.7 Å². The fourth-order valence-electron chi connectivity index (χ4n) is 4.76. The van der Waals surface area contributed by atoms with E-state index in [0.717, 1.165) is 67.7 Å². The fraction of sp³-hybridized carbons (Fsp3) is 0.435. The Kier molecular flexibility index (Phi) is 5.07. The highest BCUT2D eigenvalue weighted by Crippen LogP contribution is 2.40. The number of fused-ring (bicyclic) bond motifs is 3. The molecule has 0 amide bonds. The predicted molar refractivity (Wildman–Crippen MR) is 126 cm³/mol. The number of hydrogen-bond acceptors (Lipinski definition) is 8. The highest BCUT2D eigenvalue weighted by atomic mass is 32.1. The second-order valence-electron chi connectivity index (χ2n) is 8.57. The zero-order chi connectivity index (χ0) is 21.5. The molecule has 4 aromatic rings. The van der Waals surface area contributed by atoms with E-state index in [-0.39, 0.29) is 0 Å². The summed E-state index contributed by atoms with van der Waals surface area (Å²) in [5.74, 6) is 2.86. The number of piperazine rings is 1. The maximum Gasteiger partial charge on any atom is 0.183 e. The summed E-state index contributed by atoms with van der Waals surface area (Å²) in [4.78, 5) is 30.7. The van der Waals surface area contributed by atoms with Crippen LogP contribution in [0.4, 0.5) is 5.82 Å². The van der Waals surface area contributed by atoms with Crippen LogP contribution in [0.3, 0.4) is 0 Å². The Morgan fingerprint density at radius 1 is 0.969 bits per heavy atom. The van der Waals surface area contributed by atoms with Crippen molar-refractivity contribution in [1.82, 2.24) is 34.4 Å². The lowest BCUT2D eigenvalue weighted by molar-refractivity contribution is 0.241. The van der Waals surface area contributed by atoms with Crippen molar-refractivity contribution >= 4 is 27.4 Å². The van der Waals surface area contributed by atoms with Gasteiger partial charge in [-0.25, -0.2) is 19.9 Å². The van der Waals surface area contributed by atoms with Gasteiger partial charge in [-0.05, 0) is 31.2 Å². The van der Waals surface area contributed by atoms with Crippen molar-refractivity contribution in [2.45, 2.75) is 32.2 Å². The summed E-state index contributed by atoms with van der Waals surface area (Å²) in [5.41, 5.74) is 2.21. The minimum atomic E-state index is 0.676. The van der Waals surface area contributed by atoms with Crippen LogP contribution in [0.25, 0.3) is 21.7 Å². The summed E-state index contributed by atoms with van der Waals surface area (Å²) in [5, 5.41) is 1.27. The summed E-state index contributed by atoms with van der Waals surface area (Å²) in [6.45, 7) is 4.76. The molecule has 32 heavy (non-hydrogen) atoms. The van der Waals surface area contributed by atoms with Gasteiger partial charge >= 0.3 is 0 Å². The molecule has 0 spiro atoms. The number of hydrogen-bond donors (Lipinski definition) is 0. The van der Waals surface area contributed by atoms with Crippen LogP contribution >= 0.6 is 11.3 Å². The number of rotatable bonds is 4. The van der Waals surface area contributed by atoms with Gasteiger partial charge in [-0.1, -0.05) is 0 Å². The van der Waals surface area contributed by atoms with Crippen LogP contribution in [-0.4, -0.2) is 60.6 Å². The van der Waals surface area contributed by atoms with E-state index < -0.39 is 0 Å². The number of anilines is 1. The molecule has 0 saturated carbocycles. The standard InChI is InChI=1S/C23H26N8S/c1-29-9-8-26-19(29)15-30-10-12-31(13-11-30)22-20-16-4-2-3-5-18(16)32-23(20)28-21(27-22)17-14-24-6-7-25-17/h6-9,14H,2-5,10-13,15H2,1H3. The lowest BCUT2D eigenvalue weighted by Crippen LogP contribution is -2.46. The topological polar surface area (TPSA) is 75.9 Å². The lowest BCUT2D eigenvalue weighted by Gasteiger charge is -2.35. The third-order valence-electron chi connectivity index (χ3n) is 6.55. The smallest absolute Gasteiger partial charge is 0.183 e. The minimum absolute atomic E-state index is 0.676. The van der Waals surface area contributed by atoms with Crippen molar-refractivity contribution in [2.75, 3.05) is 31.1 Å². The highest BCUT2D eigenvalue weighted by Gasteiger charge is 2.27. The van der Waals surface area contributed by atoms with Gasteiger partial charge in [0.05, 0.1) is 18.1 Å². The summed E-state index contributed by atoms with van der Waals surface area (Å²) >= 11 is 1.84. The monoisotopic (exact) mass is 446 g/mol. The molecular formula is C23H26N8S. The minimum Gasteiger partial charge on any atom is -0.353 e. The van der Waals surface area contributed by atoms with E-state index in [0.29, 0.717) is 5.82 Å². The van der Waals surface area contributed by atoms with Crippen molar-refractivity contribution in [2.24, 2.45) is 7.05 Å². The molecule has 0 atom stereocenters. The molecule has 0 aromatic carbocycles. The van der Waals surface area contributed by atoms with Gasteiger partial charge in [-0.2, -0.15) is 0 Å². The molecule has 2 aliphatic rings. The molecule has 1 saturated heterocycles. The second kappa shape index (κ2) is 8.22. The summed E-state index contributed by atoms with van der Waals surface area (Å²) in [7, 11) is 2.06. The van der Waals surface area contributed by atoms with Crippen LogP contribution in [0, 0.1) is 0 Å². The number of nitrogens with zero attached hydrogens (tertiary/aromatic N) is 8. The third kappa shape index (κ3) is 3.55. The first kappa shape index (κ1) is 19.8. The van der Waals surface area contributed by atoms with E-state index in [1.54, 1.807) is 18.6 Å². The normalized spacial score (nSPS) is 17.1. The van der Waals surface area contributed by atoms with Gasteiger partial charge in [0.25, 0.3) is 0 Å². The van der Waals surface area contributed by atoms with Crippen LogP contribution in [0.1, 0.15) is 29.1 Å². The van der Waals surface area contributed by atoms with E-state index in [2.05, 4.69) is 36.4 Å². The van der Waals surface area contributed by atoms with Gasteiger partial charge in [0, 0.05) is 62.9 Å². The Labute approximate surface area is 191 Å². The molecule has 0 bridgehead atoms. The van der Waals surface area contributed by atoms with Crippen molar-refractivity contribution in [1.29, 1.82) is 0 Å². The third-order valence-corrected chi connectivity index (χ3v) is 7.73. The fourth-order valence-corrected chi connectivity index (χ4v) is 6.02. The van der Waals surface area contributed by atoms with Crippen molar-refractivity contribution in [3.05, 3.63) is 47.2 Å². The van der Waals surface area contributed by atoms with Gasteiger partial charge in [0.1, 0.15) is 22.2 Å². The second-order valence-corrected chi connectivity index (χ2v) is 9.65. The first-order valence-electron chi connectivity index (χ1n) is 11.3. The summed E-state index contributed by atoms with van der Waals surface area (Å²) in [6, 6.07) is 0. The van der Waals surface area contributed by atoms with Crippen LogP contribution in [0.15, 0.2) is 31.0 Å². The first-order valence-corrected chi connectivity index (χ1v) is 12.1. The molecule has 1 aliphatic carbocycles. The van der Waals surface area contributed by atoms with Crippen LogP contribution < -0.4 is 4.90 Å². The molecule has 164 valence electrons. The van der Waals surface area contributed by atoms with E-state index in [4.69, 9.17) is 9.97 Å². The molecule has 1 aliphatic heterocycles.